The third kappa shape index (κ3) is 2.49. The number of halogens is 1. The first-order chi connectivity index (χ1) is 9.76. The van der Waals surface area contributed by atoms with Crippen LogP contribution < -0.4 is 14.8 Å². The van der Waals surface area contributed by atoms with Gasteiger partial charge in [-0.25, -0.2) is 0 Å². The third-order valence-electron chi connectivity index (χ3n) is 3.02. The molecule has 0 amide bonds. The Balaban J connectivity index is 1.72. The van der Waals surface area contributed by atoms with Gasteiger partial charge in [-0.3, -0.25) is 0 Å². The largest absolute Gasteiger partial charge is 0.454 e. The molecule has 0 fully saturated rings. The number of nitrogens with one attached hydrogen (secondary N) is 1. The minimum Gasteiger partial charge on any atom is -0.454 e. The van der Waals surface area contributed by atoms with Gasteiger partial charge in [-0.15, -0.1) is 0 Å². The van der Waals surface area contributed by atoms with Gasteiger partial charge in [0.2, 0.25) is 6.79 Å². The Morgan fingerprint density at radius 1 is 1.15 bits per heavy atom. The van der Waals surface area contributed by atoms with Crippen LogP contribution in [0.25, 0.3) is 0 Å². The Morgan fingerprint density at radius 2 is 2.00 bits per heavy atom. The van der Waals surface area contributed by atoms with E-state index in [0.717, 1.165) is 22.7 Å². The molecule has 5 heteroatoms. The summed E-state index contributed by atoms with van der Waals surface area (Å²) < 4.78 is 10.6. The number of rotatable bonds is 3. The Bertz CT molecular complexity index is 695. The summed E-state index contributed by atoms with van der Waals surface area (Å²) in [5.74, 6) is 1.53. The smallest absolute Gasteiger partial charge is 0.231 e. The van der Waals surface area contributed by atoms with Crippen LogP contribution in [-0.2, 0) is 6.54 Å². The minimum atomic E-state index is 0.271. The molecule has 1 aliphatic rings. The molecule has 20 heavy (non-hydrogen) atoms. The fourth-order valence-corrected chi connectivity index (χ4v) is 2.22. The summed E-state index contributed by atoms with van der Waals surface area (Å²) in [5.41, 5.74) is 2.40. The topological polar surface area (TPSA) is 54.3 Å². The molecular weight excluding hydrogens is 276 g/mol. The number of ether oxygens (including phenoxy) is 2. The normalized spacial score (nSPS) is 12.0. The fraction of sp³-hybridized carbons (Fsp3) is 0.133. The molecule has 0 aromatic heterocycles. The predicted molar refractivity (Wildman–Crippen MR) is 76.1 cm³/mol. The first-order valence-electron chi connectivity index (χ1n) is 6.08. The molecule has 1 heterocycles. The zero-order valence-corrected chi connectivity index (χ0v) is 11.3. The molecule has 3 rings (SSSR count). The molecule has 1 N–H and O–H groups in total. The van der Waals surface area contributed by atoms with Crippen LogP contribution in [0.4, 0.5) is 5.69 Å². The van der Waals surface area contributed by atoms with Gasteiger partial charge in [-0.1, -0.05) is 17.7 Å². The van der Waals surface area contributed by atoms with Gasteiger partial charge in [-0.2, -0.15) is 5.26 Å². The summed E-state index contributed by atoms with van der Waals surface area (Å²) in [5, 5.41) is 12.6. The van der Waals surface area contributed by atoms with Gasteiger partial charge in [0.1, 0.15) is 0 Å². The van der Waals surface area contributed by atoms with Crippen LogP contribution in [0.3, 0.4) is 0 Å². The SMILES string of the molecule is N#Cc1ccc(NCc2ccc3c(c2)OCO3)c(Cl)c1. The van der Waals surface area contributed by atoms with E-state index in [2.05, 4.69) is 11.4 Å². The first-order valence-corrected chi connectivity index (χ1v) is 6.46. The molecule has 2 aromatic rings. The van der Waals surface area contributed by atoms with E-state index in [1.54, 1.807) is 18.2 Å². The second kappa shape index (κ2) is 5.32. The van der Waals surface area contributed by atoms with Crippen molar-refractivity contribution in [3.8, 4) is 17.6 Å². The molecule has 0 atom stereocenters. The maximum Gasteiger partial charge on any atom is 0.231 e. The molecule has 0 saturated heterocycles. The lowest BCUT2D eigenvalue weighted by Crippen LogP contribution is -2.00. The summed E-state index contributed by atoms with van der Waals surface area (Å²) in [6, 6.07) is 13.0. The van der Waals surface area contributed by atoms with E-state index >= 15 is 0 Å². The number of hydrogen-bond donors (Lipinski definition) is 1. The lowest BCUT2D eigenvalue weighted by atomic mass is 10.2. The van der Waals surface area contributed by atoms with Crippen LogP contribution in [0.1, 0.15) is 11.1 Å². The number of nitrogens with zero attached hydrogens (tertiary/aromatic N) is 1. The molecule has 100 valence electrons. The highest BCUT2D eigenvalue weighted by molar-refractivity contribution is 6.33. The van der Waals surface area contributed by atoms with Gasteiger partial charge in [0.05, 0.1) is 22.3 Å². The quantitative estimate of drug-likeness (QED) is 0.937. The van der Waals surface area contributed by atoms with Crippen molar-refractivity contribution in [2.24, 2.45) is 0 Å². The highest BCUT2D eigenvalue weighted by Gasteiger charge is 2.13. The Kier molecular flexibility index (Phi) is 3.36. The molecular formula is C15H11ClN2O2. The number of fused-ring (bicyclic) bond motifs is 1. The van der Waals surface area contributed by atoms with E-state index in [1.807, 2.05) is 18.2 Å². The number of nitriles is 1. The van der Waals surface area contributed by atoms with Crippen LogP contribution in [0, 0.1) is 11.3 Å². The van der Waals surface area contributed by atoms with Crippen LogP contribution in [0.5, 0.6) is 11.5 Å². The van der Waals surface area contributed by atoms with E-state index in [9.17, 15) is 0 Å². The van der Waals surface area contributed by atoms with Crippen molar-refractivity contribution < 1.29 is 9.47 Å². The van der Waals surface area contributed by atoms with Crippen molar-refractivity contribution in [1.29, 1.82) is 5.26 Å². The lowest BCUT2D eigenvalue weighted by Gasteiger charge is -2.09. The molecule has 0 bridgehead atoms. The van der Waals surface area contributed by atoms with Crippen molar-refractivity contribution in [3.05, 3.63) is 52.5 Å². The molecule has 0 saturated carbocycles. The molecule has 0 spiro atoms. The maximum absolute atomic E-state index is 8.80. The number of anilines is 1. The summed E-state index contributed by atoms with van der Waals surface area (Å²) in [4.78, 5) is 0. The molecule has 1 aliphatic heterocycles. The third-order valence-corrected chi connectivity index (χ3v) is 3.33. The van der Waals surface area contributed by atoms with E-state index in [-0.39, 0.29) is 6.79 Å². The standard InChI is InChI=1S/C15H11ClN2O2/c16-12-5-10(7-17)1-3-13(12)18-8-11-2-4-14-15(6-11)20-9-19-14/h1-6,18H,8-9H2. The zero-order chi connectivity index (χ0) is 13.9. The second-order valence-electron chi connectivity index (χ2n) is 4.35. The predicted octanol–water partition coefficient (Wildman–Crippen LogP) is 3.55. The zero-order valence-electron chi connectivity index (χ0n) is 10.5. The number of hydrogen-bond acceptors (Lipinski definition) is 4. The highest BCUT2D eigenvalue weighted by Crippen LogP contribution is 2.33. The van der Waals surface area contributed by atoms with Crippen molar-refractivity contribution in [2.75, 3.05) is 12.1 Å². The minimum absolute atomic E-state index is 0.271. The van der Waals surface area contributed by atoms with Gasteiger partial charge < -0.3 is 14.8 Å². The maximum atomic E-state index is 8.80. The van der Waals surface area contributed by atoms with Crippen LogP contribution in [0.15, 0.2) is 36.4 Å². The van der Waals surface area contributed by atoms with Crippen molar-refractivity contribution >= 4 is 17.3 Å². The van der Waals surface area contributed by atoms with E-state index in [1.165, 1.54) is 0 Å². The second-order valence-corrected chi connectivity index (χ2v) is 4.75. The van der Waals surface area contributed by atoms with Crippen LogP contribution >= 0.6 is 11.6 Å². The van der Waals surface area contributed by atoms with E-state index < -0.39 is 0 Å². The van der Waals surface area contributed by atoms with Gasteiger partial charge in [-0.05, 0) is 35.9 Å². The summed E-state index contributed by atoms with van der Waals surface area (Å²) in [7, 11) is 0. The molecule has 0 unspecified atom stereocenters. The van der Waals surface area contributed by atoms with Gasteiger partial charge in [0.15, 0.2) is 11.5 Å². The van der Waals surface area contributed by atoms with Crippen LogP contribution in [0.2, 0.25) is 5.02 Å². The average Bonchev–Trinajstić information content (AvgIpc) is 2.93. The summed E-state index contributed by atoms with van der Waals surface area (Å²) in [6.45, 7) is 0.885. The number of benzene rings is 2. The Labute approximate surface area is 121 Å². The van der Waals surface area contributed by atoms with Gasteiger partial charge in [0.25, 0.3) is 0 Å². The Hall–Kier alpha value is -2.38. The average molecular weight is 287 g/mol. The highest BCUT2D eigenvalue weighted by atomic mass is 35.5. The van der Waals surface area contributed by atoms with E-state index in [4.69, 9.17) is 26.3 Å². The van der Waals surface area contributed by atoms with Crippen molar-refractivity contribution in [2.45, 2.75) is 6.54 Å². The summed E-state index contributed by atoms with van der Waals surface area (Å²) >= 11 is 6.11. The van der Waals surface area contributed by atoms with Crippen LogP contribution in [-0.4, -0.2) is 6.79 Å². The molecule has 4 nitrogen and oxygen atoms in total. The van der Waals surface area contributed by atoms with E-state index in [0.29, 0.717) is 17.1 Å². The Morgan fingerprint density at radius 3 is 2.80 bits per heavy atom. The van der Waals surface area contributed by atoms with Crippen molar-refractivity contribution in [1.82, 2.24) is 0 Å². The molecule has 2 aromatic carbocycles. The molecule has 0 aliphatic carbocycles. The van der Waals surface area contributed by atoms with Gasteiger partial charge >= 0.3 is 0 Å². The molecule has 0 radical (unpaired) electrons. The summed E-state index contributed by atoms with van der Waals surface area (Å²) in [6.07, 6.45) is 0. The monoisotopic (exact) mass is 286 g/mol. The van der Waals surface area contributed by atoms with Gasteiger partial charge in [0, 0.05) is 6.54 Å². The fourth-order valence-electron chi connectivity index (χ4n) is 1.98. The van der Waals surface area contributed by atoms with Crippen molar-refractivity contribution in [3.63, 3.8) is 0 Å². The first kappa shape index (κ1) is 12.6. The lowest BCUT2D eigenvalue weighted by molar-refractivity contribution is 0.174.